The Hall–Kier alpha value is -2.37. The predicted molar refractivity (Wildman–Crippen MR) is 108 cm³/mol. The number of hydrogen-bond donors (Lipinski definition) is 2. The van der Waals surface area contributed by atoms with Crippen LogP contribution in [0, 0.1) is 0 Å². The number of aromatic nitrogens is 3. The van der Waals surface area contributed by atoms with Gasteiger partial charge in [-0.15, -0.1) is 0 Å². The summed E-state index contributed by atoms with van der Waals surface area (Å²) in [4.78, 5) is 13.7. The monoisotopic (exact) mass is 357 g/mol. The summed E-state index contributed by atoms with van der Waals surface area (Å²) in [7, 11) is 1.66. The lowest BCUT2D eigenvalue weighted by atomic mass is 10.2. The van der Waals surface area contributed by atoms with Crippen molar-refractivity contribution in [2.45, 2.75) is 52.4 Å². The maximum absolute atomic E-state index is 5.23. The van der Waals surface area contributed by atoms with Crippen LogP contribution in [0.2, 0.25) is 0 Å². The zero-order chi connectivity index (χ0) is 18.6. The van der Waals surface area contributed by atoms with Crippen LogP contribution in [0.5, 0.6) is 5.75 Å². The van der Waals surface area contributed by atoms with E-state index in [1.807, 2.05) is 24.3 Å². The normalized spacial score (nSPS) is 10.6. The summed E-state index contributed by atoms with van der Waals surface area (Å²) >= 11 is 0. The van der Waals surface area contributed by atoms with Crippen LogP contribution in [0.3, 0.4) is 0 Å². The van der Waals surface area contributed by atoms with Crippen LogP contribution in [0.1, 0.15) is 52.4 Å². The van der Waals surface area contributed by atoms with Gasteiger partial charge in [0.15, 0.2) is 5.82 Å². The lowest BCUT2D eigenvalue weighted by Crippen LogP contribution is -2.11. The molecule has 0 aliphatic rings. The number of nitrogens with one attached hydrogen (secondary N) is 2. The van der Waals surface area contributed by atoms with Crippen LogP contribution in [-0.4, -0.2) is 35.2 Å². The summed E-state index contributed by atoms with van der Waals surface area (Å²) < 4.78 is 5.23. The van der Waals surface area contributed by atoms with Gasteiger partial charge >= 0.3 is 0 Å². The first-order chi connectivity index (χ1) is 12.8. The number of rotatable bonds is 12. The minimum Gasteiger partial charge on any atom is -0.497 e. The summed E-state index contributed by atoms with van der Waals surface area (Å²) in [5.41, 5.74) is 0.946. The molecule has 6 heteroatoms. The zero-order valence-electron chi connectivity index (χ0n) is 16.2. The second-order valence-electron chi connectivity index (χ2n) is 6.30. The molecule has 142 valence electrons. The molecule has 0 atom stereocenters. The molecule has 6 nitrogen and oxygen atoms in total. The minimum atomic E-state index is 0.625. The highest BCUT2D eigenvalue weighted by atomic mass is 16.5. The molecule has 1 aromatic carbocycles. The van der Waals surface area contributed by atoms with E-state index in [4.69, 9.17) is 4.74 Å². The first-order valence-corrected chi connectivity index (χ1v) is 9.65. The highest BCUT2D eigenvalue weighted by Crippen LogP contribution is 2.21. The molecule has 0 radical (unpaired) electrons. The molecular weight excluding hydrogens is 326 g/mol. The van der Waals surface area contributed by atoms with Crippen molar-refractivity contribution in [3.63, 3.8) is 0 Å². The van der Waals surface area contributed by atoms with E-state index in [9.17, 15) is 0 Å². The molecule has 0 amide bonds. The molecule has 2 aromatic rings. The Morgan fingerprint density at radius 2 is 1.31 bits per heavy atom. The van der Waals surface area contributed by atoms with Gasteiger partial charge in [0.25, 0.3) is 0 Å². The van der Waals surface area contributed by atoms with Crippen molar-refractivity contribution in [1.29, 1.82) is 0 Å². The fourth-order valence-corrected chi connectivity index (χ4v) is 2.55. The van der Waals surface area contributed by atoms with Crippen molar-refractivity contribution >= 4 is 11.9 Å². The van der Waals surface area contributed by atoms with Crippen LogP contribution in [0.4, 0.5) is 11.9 Å². The van der Waals surface area contributed by atoms with Crippen molar-refractivity contribution in [2.24, 2.45) is 0 Å². The van der Waals surface area contributed by atoms with Crippen LogP contribution in [0.15, 0.2) is 24.3 Å². The number of ether oxygens (including phenoxy) is 1. The van der Waals surface area contributed by atoms with Gasteiger partial charge < -0.3 is 15.4 Å². The fourth-order valence-electron chi connectivity index (χ4n) is 2.55. The van der Waals surface area contributed by atoms with Gasteiger partial charge in [0.1, 0.15) is 5.75 Å². The molecule has 1 aromatic heterocycles. The molecule has 0 aliphatic heterocycles. The van der Waals surface area contributed by atoms with E-state index in [0.29, 0.717) is 17.7 Å². The maximum Gasteiger partial charge on any atom is 0.228 e. The molecule has 0 fully saturated rings. The van der Waals surface area contributed by atoms with Crippen molar-refractivity contribution in [1.82, 2.24) is 15.0 Å². The lowest BCUT2D eigenvalue weighted by molar-refractivity contribution is 0.415. The summed E-state index contributed by atoms with van der Waals surface area (Å²) in [6, 6.07) is 7.77. The van der Waals surface area contributed by atoms with Crippen molar-refractivity contribution in [3.8, 4) is 17.1 Å². The number of benzene rings is 1. The standard InChI is InChI=1S/C20H31N5O/c1-4-6-8-14-21-19-23-18(16-10-12-17(26-3)13-11-16)24-20(25-19)22-15-9-7-5-2/h10-13H,4-9,14-15H2,1-3H3,(H2,21,22,23,24,25). The summed E-state index contributed by atoms with van der Waals surface area (Å²) in [6.07, 6.45) is 7.01. The van der Waals surface area contributed by atoms with E-state index in [1.165, 1.54) is 25.7 Å². The molecular formula is C20H31N5O. The Morgan fingerprint density at radius 1 is 0.769 bits per heavy atom. The number of methoxy groups -OCH3 is 1. The Bertz CT molecular complexity index is 615. The summed E-state index contributed by atoms with van der Waals surface area (Å²) in [5.74, 6) is 2.73. The number of hydrogen-bond acceptors (Lipinski definition) is 6. The molecule has 2 rings (SSSR count). The third-order valence-corrected chi connectivity index (χ3v) is 4.11. The molecule has 0 saturated carbocycles. The zero-order valence-corrected chi connectivity index (χ0v) is 16.2. The average Bonchev–Trinajstić information content (AvgIpc) is 2.68. The van der Waals surface area contributed by atoms with E-state index < -0.39 is 0 Å². The Morgan fingerprint density at radius 3 is 1.77 bits per heavy atom. The van der Waals surface area contributed by atoms with Gasteiger partial charge in [0.05, 0.1) is 7.11 Å². The van der Waals surface area contributed by atoms with Gasteiger partial charge in [-0.2, -0.15) is 15.0 Å². The van der Waals surface area contributed by atoms with Gasteiger partial charge in [0, 0.05) is 18.7 Å². The van der Waals surface area contributed by atoms with Gasteiger partial charge in [-0.25, -0.2) is 0 Å². The second-order valence-corrected chi connectivity index (χ2v) is 6.30. The Labute approximate surface area is 156 Å². The van der Waals surface area contributed by atoms with E-state index in [-0.39, 0.29) is 0 Å². The first-order valence-electron chi connectivity index (χ1n) is 9.65. The van der Waals surface area contributed by atoms with Gasteiger partial charge in [-0.05, 0) is 37.1 Å². The van der Waals surface area contributed by atoms with Gasteiger partial charge in [0.2, 0.25) is 11.9 Å². The molecule has 0 bridgehead atoms. The smallest absolute Gasteiger partial charge is 0.228 e. The molecule has 0 saturated heterocycles. The molecule has 0 unspecified atom stereocenters. The third-order valence-electron chi connectivity index (χ3n) is 4.11. The van der Waals surface area contributed by atoms with Crippen molar-refractivity contribution in [3.05, 3.63) is 24.3 Å². The lowest BCUT2D eigenvalue weighted by Gasteiger charge is -2.10. The van der Waals surface area contributed by atoms with Crippen LogP contribution in [-0.2, 0) is 0 Å². The average molecular weight is 358 g/mol. The maximum atomic E-state index is 5.23. The van der Waals surface area contributed by atoms with Gasteiger partial charge in [-0.1, -0.05) is 39.5 Å². The molecule has 0 aliphatic carbocycles. The minimum absolute atomic E-state index is 0.625. The molecule has 26 heavy (non-hydrogen) atoms. The SMILES string of the molecule is CCCCCNc1nc(NCCCCC)nc(-c2ccc(OC)cc2)n1. The van der Waals surface area contributed by atoms with E-state index in [1.54, 1.807) is 7.11 Å². The highest BCUT2D eigenvalue weighted by Gasteiger charge is 2.09. The highest BCUT2D eigenvalue weighted by molar-refractivity contribution is 5.59. The van der Waals surface area contributed by atoms with E-state index >= 15 is 0 Å². The Kier molecular flexibility index (Phi) is 8.66. The van der Waals surface area contributed by atoms with E-state index in [0.717, 1.165) is 37.2 Å². The number of unbranched alkanes of at least 4 members (excludes halogenated alkanes) is 4. The topological polar surface area (TPSA) is 72.0 Å². The summed E-state index contributed by atoms with van der Waals surface area (Å²) in [6.45, 7) is 6.14. The first kappa shape index (κ1) is 19.9. The van der Waals surface area contributed by atoms with Crippen LogP contribution in [0.25, 0.3) is 11.4 Å². The molecule has 0 spiro atoms. The van der Waals surface area contributed by atoms with E-state index in [2.05, 4.69) is 39.4 Å². The van der Waals surface area contributed by atoms with Crippen LogP contribution >= 0.6 is 0 Å². The summed E-state index contributed by atoms with van der Waals surface area (Å²) in [5, 5.41) is 6.65. The Balaban J connectivity index is 2.14. The van der Waals surface area contributed by atoms with Crippen molar-refractivity contribution in [2.75, 3.05) is 30.8 Å². The predicted octanol–water partition coefficient (Wildman–Crippen LogP) is 4.75. The number of nitrogens with zero attached hydrogens (tertiary/aromatic N) is 3. The largest absolute Gasteiger partial charge is 0.497 e. The third kappa shape index (κ3) is 6.50. The number of anilines is 2. The second kappa shape index (κ2) is 11.3. The quantitative estimate of drug-likeness (QED) is 0.534. The fraction of sp³-hybridized carbons (Fsp3) is 0.550. The van der Waals surface area contributed by atoms with Crippen molar-refractivity contribution < 1.29 is 4.74 Å². The molecule has 1 heterocycles. The van der Waals surface area contributed by atoms with Gasteiger partial charge in [-0.3, -0.25) is 0 Å². The van der Waals surface area contributed by atoms with Crippen LogP contribution < -0.4 is 15.4 Å². The molecule has 2 N–H and O–H groups in total.